The normalized spacial score (nSPS) is 21.5. The van der Waals surface area contributed by atoms with E-state index in [-0.39, 0.29) is 23.8 Å². The van der Waals surface area contributed by atoms with Crippen molar-refractivity contribution < 1.29 is 36.7 Å². The van der Waals surface area contributed by atoms with Crippen LogP contribution in [0.25, 0.3) is 10.4 Å². The Morgan fingerprint density at radius 1 is 1.14 bits per heavy atom. The average molecular weight is 528 g/mol. The standard InChI is InChI=1S/C22H26FN3O7S2/c1-31-22(28)25-11-12-26(17(14-25)21(27)24-33-19-4-2-3-13-32-19)35(29,30)20-10-9-18(34-20)15-5-7-16(23)8-6-15/h5-10,17,19H,2-4,11-14H2,1H3,(H,24,27). The van der Waals surface area contributed by atoms with Crippen molar-refractivity contribution in [3.63, 3.8) is 0 Å². The number of carbonyl (C=O) groups is 2. The largest absolute Gasteiger partial charge is 0.453 e. The second kappa shape index (κ2) is 11.0. The Labute approximate surface area is 206 Å². The molecule has 3 heterocycles. The van der Waals surface area contributed by atoms with Gasteiger partial charge in [0.25, 0.3) is 15.9 Å². The summed E-state index contributed by atoms with van der Waals surface area (Å²) in [5, 5.41) is 0. The van der Waals surface area contributed by atoms with Crippen LogP contribution in [0, 0.1) is 5.82 Å². The first kappa shape index (κ1) is 25.5. The second-order valence-corrected chi connectivity index (χ2v) is 11.3. The zero-order chi connectivity index (χ0) is 25.0. The monoisotopic (exact) mass is 527 g/mol. The Bertz CT molecular complexity index is 1150. The van der Waals surface area contributed by atoms with Crippen molar-refractivity contribution in [2.45, 2.75) is 35.8 Å². The van der Waals surface area contributed by atoms with E-state index in [9.17, 15) is 22.4 Å². The van der Waals surface area contributed by atoms with Gasteiger partial charge in [0.15, 0.2) is 6.29 Å². The Hall–Kier alpha value is -2.58. The third kappa shape index (κ3) is 5.81. The quantitative estimate of drug-likeness (QED) is 0.575. The molecule has 1 N–H and O–H groups in total. The first-order valence-corrected chi connectivity index (χ1v) is 13.3. The van der Waals surface area contributed by atoms with Crippen LogP contribution < -0.4 is 5.48 Å². The van der Waals surface area contributed by atoms with Crippen LogP contribution in [0.2, 0.25) is 0 Å². The van der Waals surface area contributed by atoms with Gasteiger partial charge in [-0.2, -0.15) is 4.31 Å². The maximum absolute atomic E-state index is 13.5. The van der Waals surface area contributed by atoms with Crippen LogP contribution >= 0.6 is 11.3 Å². The van der Waals surface area contributed by atoms with Crippen LogP contribution in [0.5, 0.6) is 0 Å². The molecule has 1 aromatic heterocycles. The van der Waals surface area contributed by atoms with E-state index in [1.807, 2.05) is 0 Å². The number of carbonyl (C=O) groups excluding carboxylic acids is 2. The van der Waals surface area contributed by atoms with Gasteiger partial charge in [-0.05, 0) is 42.7 Å². The van der Waals surface area contributed by atoms with E-state index in [0.717, 1.165) is 28.5 Å². The number of ether oxygens (including phenoxy) is 2. The molecule has 0 bridgehead atoms. The highest BCUT2D eigenvalue weighted by molar-refractivity contribution is 7.91. The van der Waals surface area contributed by atoms with Crippen molar-refractivity contribution in [2.24, 2.45) is 0 Å². The molecule has 0 aliphatic carbocycles. The minimum Gasteiger partial charge on any atom is -0.453 e. The summed E-state index contributed by atoms with van der Waals surface area (Å²) in [7, 11) is -2.88. The van der Waals surface area contributed by atoms with Gasteiger partial charge in [0.2, 0.25) is 0 Å². The van der Waals surface area contributed by atoms with Crippen LogP contribution in [0.1, 0.15) is 19.3 Å². The fourth-order valence-corrected chi connectivity index (χ4v) is 6.91. The molecule has 0 radical (unpaired) electrons. The third-order valence-electron chi connectivity index (χ3n) is 5.77. The minimum atomic E-state index is -4.10. The molecule has 2 fully saturated rings. The van der Waals surface area contributed by atoms with Crippen LogP contribution in [0.4, 0.5) is 9.18 Å². The number of halogens is 1. The van der Waals surface area contributed by atoms with E-state index in [0.29, 0.717) is 23.5 Å². The van der Waals surface area contributed by atoms with Crippen LogP contribution in [0.3, 0.4) is 0 Å². The van der Waals surface area contributed by atoms with Gasteiger partial charge in [-0.1, -0.05) is 12.1 Å². The van der Waals surface area contributed by atoms with E-state index >= 15 is 0 Å². The number of rotatable bonds is 6. The maximum atomic E-state index is 13.5. The fraction of sp³-hybridized carbons (Fsp3) is 0.455. The number of thiophene rings is 1. The highest BCUT2D eigenvalue weighted by Gasteiger charge is 2.42. The Morgan fingerprint density at radius 3 is 2.60 bits per heavy atom. The number of methoxy groups -OCH3 is 1. The molecule has 2 amide bonds. The highest BCUT2D eigenvalue weighted by Crippen LogP contribution is 2.33. The van der Waals surface area contributed by atoms with Gasteiger partial charge in [0, 0.05) is 37.5 Å². The molecule has 35 heavy (non-hydrogen) atoms. The molecule has 10 nitrogen and oxygen atoms in total. The third-order valence-corrected chi connectivity index (χ3v) is 9.28. The number of benzene rings is 1. The predicted molar refractivity (Wildman–Crippen MR) is 124 cm³/mol. The van der Waals surface area contributed by atoms with Crippen molar-refractivity contribution >= 4 is 33.4 Å². The molecule has 0 saturated carbocycles. The number of hydrogen-bond donors (Lipinski definition) is 1. The maximum Gasteiger partial charge on any atom is 0.409 e. The smallest absolute Gasteiger partial charge is 0.409 e. The number of nitrogens with zero attached hydrogens (tertiary/aromatic N) is 2. The number of nitrogens with one attached hydrogen (secondary N) is 1. The van der Waals surface area contributed by atoms with E-state index in [1.54, 1.807) is 18.2 Å². The summed E-state index contributed by atoms with van der Waals surface area (Å²) in [6.07, 6.45) is 1.11. The molecule has 2 aliphatic rings. The Morgan fingerprint density at radius 2 is 1.91 bits per heavy atom. The van der Waals surface area contributed by atoms with Crippen LogP contribution in [-0.2, 0) is 29.1 Å². The van der Waals surface area contributed by atoms with E-state index in [4.69, 9.17) is 14.3 Å². The molecule has 190 valence electrons. The average Bonchev–Trinajstić information content (AvgIpc) is 3.39. The molecule has 2 unspecified atom stereocenters. The summed E-state index contributed by atoms with van der Waals surface area (Å²) >= 11 is 1.01. The van der Waals surface area contributed by atoms with E-state index < -0.39 is 40.2 Å². The number of amides is 2. The van der Waals surface area contributed by atoms with E-state index in [1.165, 1.54) is 30.2 Å². The Balaban J connectivity index is 1.55. The lowest BCUT2D eigenvalue weighted by atomic mass is 10.2. The summed E-state index contributed by atoms with van der Waals surface area (Å²) < 4.78 is 51.6. The predicted octanol–water partition coefficient (Wildman–Crippen LogP) is 2.57. The first-order valence-electron chi connectivity index (χ1n) is 11.1. The molecule has 4 rings (SSSR count). The van der Waals surface area contributed by atoms with Gasteiger partial charge in [-0.25, -0.2) is 27.9 Å². The van der Waals surface area contributed by atoms with Crippen LogP contribution in [0.15, 0.2) is 40.6 Å². The summed E-state index contributed by atoms with van der Waals surface area (Å²) in [6.45, 7) is 0.246. The van der Waals surface area contributed by atoms with Gasteiger partial charge in [0.05, 0.1) is 7.11 Å². The van der Waals surface area contributed by atoms with Gasteiger partial charge in [-0.15, -0.1) is 11.3 Å². The number of sulfonamides is 1. The number of hydroxylamine groups is 1. The molecule has 13 heteroatoms. The zero-order valence-electron chi connectivity index (χ0n) is 19.0. The van der Waals surface area contributed by atoms with Gasteiger partial charge < -0.3 is 14.4 Å². The lowest BCUT2D eigenvalue weighted by Crippen LogP contribution is -2.61. The van der Waals surface area contributed by atoms with Gasteiger partial charge in [-0.3, -0.25) is 4.79 Å². The number of piperazine rings is 1. The summed E-state index contributed by atoms with van der Waals surface area (Å²) in [5.41, 5.74) is 2.98. The molecular formula is C22H26FN3O7S2. The molecule has 2 saturated heterocycles. The molecular weight excluding hydrogens is 501 g/mol. The minimum absolute atomic E-state index is 0.0256. The van der Waals surface area contributed by atoms with Crippen molar-refractivity contribution in [1.82, 2.24) is 14.7 Å². The summed E-state index contributed by atoms with van der Waals surface area (Å²) in [5.74, 6) is -1.11. The number of hydrogen-bond acceptors (Lipinski definition) is 8. The lowest BCUT2D eigenvalue weighted by molar-refractivity contribution is -0.202. The molecule has 2 aliphatic heterocycles. The molecule has 2 aromatic rings. The molecule has 1 aromatic carbocycles. The van der Waals surface area contributed by atoms with E-state index in [2.05, 4.69) is 5.48 Å². The Kier molecular flexibility index (Phi) is 8.02. The summed E-state index contributed by atoms with van der Waals surface area (Å²) in [4.78, 5) is 32.4. The van der Waals surface area contributed by atoms with Crippen molar-refractivity contribution in [2.75, 3.05) is 33.4 Å². The van der Waals surface area contributed by atoms with Crippen molar-refractivity contribution in [1.29, 1.82) is 0 Å². The molecule has 2 atom stereocenters. The van der Waals surface area contributed by atoms with Crippen molar-refractivity contribution in [3.8, 4) is 10.4 Å². The summed E-state index contributed by atoms with van der Waals surface area (Å²) in [6, 6.07) is 7.56. The van der Waals surface area contributed by atoms with Crippen LogP contribution in [-0.4, -0.2) is 75.3 Å². The SMILES string of the molecule is COC(=O)N1CCN(S(=O)(=O)c2ccc(-c3ccc(F)cc3)s2)C(C(=O)NOC2CCCCO2)C1. The second-order valence-electron chi connectivity index (χ2n) is 8.05. The zero-order valence-corrected chi connectivity index (χ0v) is 20.6. The topological polar surface area (TPSA) is 114 Å². The highest BCUT2D eigenvalue weighted by atomic mass is 32.2. The first-order chi connectivity index (χ1) is 16.8. The fourth-order valence-electron chi connectivity index (χ4n) is 3.90. The van der Waals surface area contributed by atoms with Gasteiger partial charge in [0.1, 0.15) is 16.1 Å². The lowest BCUT2D eigenvalue weighted by Gasteiger charge is -2.38. The van der Waals surface area contributed by atoms with Crippen molar-refractivity contribution in [3.05, 3.63) is 42.2 Å². The molecule has 0 spiro atoms. The van der Waals surface area contributed by atoms with Gasteiger partial charge >= 0.3 is 6.09 Å².